The highest BCUT2D eigenvalue weighted by molar-refractivity contribution is 5.30. The lowest BCUT2D eigenvalue weighted by molar-refractivity contribution is 0.0156. The Balaban J connectivity index is 1.79. The van der Waals surface area contributed by atoms with Crippen LogP contribution < -0.4 is 5.73 Å². The molecule has 0 amide bonds. The van der Waals surface area contributed by atoms with E-state index in [1.54, 1.807) is 0 Å². The number of nitrogens with two attached hydrogens (primary N) is 1. The molecule has 1 aliphatic heterocycles. The van der Waals surface area contributed by atoms with Crippen molar-refractivity contribution >= 4 is 0 Å². The van der Waals surface area contributed by atoms with Crippen LogP contribution in [0, 0.1) is 12.8 Å². The van der Waals surface area contributed by atoms with Gasteiger partial charge in [0.2, 0.25) is 0 Å². The van der Waals surface area contributed by atoms with Crippen molar-refractivity contribution in [1.29, 1.82) is 0 Å². The predicted molar refractivity (Wildman–Crippen MR) is 72.3 cm³/mol. The van der Waals surface area contributed by atoms with Crippen molar-refractivity contribution in [1.82, 2.24) is 0 Å². The van der Waals surface area contributed by atoms with E-state index in [0.29, 0.717) is 19.1 Å². The zero-order valence-electron chi connectivity index (χ0n) is 11.2. The number of hydrogen-bond donors (Lipinski definition) is 1. The third-order valence-corrected chi connectivity index (χ3v) is 3.59. The highest BCUT2D eigenvalue weighted by atomic mass is 16.5. The highest BCUT2D eigenvalue weighted by Gasteiger charge is 2.13. The molecule has 2 N–H and O–H groups in total. The topological polar surface area (TPSA) is 44.5 Å². The first-order chi connectivity index (χ1) is 8.79. The number of rotatable bonds is 5. The summed E-state index contributed by atoms with van der Waals surface area (Å²) in [4.78, 5) is 0. The molecule has 0 spiro atoms. The van der Waals surface area contributed by atoms with Crippen LogP contribution in [0.1, 0.15) is 29.5 Å². The van der Waals surface area contributed by atoms with Gasteiger partial charge in [-0.3, -0.25) is 0 Å². The number of hydrogen-bond acceptors (Lipinski definition) is 3. The Hall–Kier alpha value is -0.900. The molecule has 0 unspecified atom stereocenters. The Morgan fingerprint density at radius 2 is 2.11 bits per heavy atom. The van der Waals surface area contributed by atoms with Crippen molar-refractivity contribution in [3.8, 4) is 0 Å². The average molecular weight is 249 g/mol. The molecule has 3 heteroatoms. The molecular weight excluding hydrogens is 226 g/mol. The SMILES string of the molecule is Cc1cc(CN)ccc1COCC1CCOCC1. The summed E-state index contributed by atoms with van der Waals surface area (Å²) in [6.45, 7) is 6.04. The van der Waals surface area contributed by atoms with E-state index in [4.69, 9.17) is 15.2 Å². The van der Waals surface area contributed by atoms with Gasteiger partial charge in [0, 0.05) is 19.8 Å². The summed E-state index contributed by atoms with van der Waals surface area (Å²) in [6.07, 6.45) is 2.26. The molecule has 0 radical (unpaired) electrons. The molecule has 100 valence electrons. The molecule has 2 rings (SSSR count). The van der Waals surface area contributed by atoms with Crippen LogP contribution in [0.3, 0.4) is 0 Å². The molecule has 0 bridgehead atoms. The molecule has 0 saturated carbocycles. The van der Waals surface area contributed by atoms with Crippen molar-refractivity contribution in [2.75, 3.05) is 19.8 Å². The summed E-state index contributed by atoms with van der Waals surface area (Å²) in [5, 5.41) is 0. The quantitative estimate of drug-likeness (QED) is 0.871. The van der Waals surface area contributed by atoms with Crippen molar-refractivity contribution in [2.45, 2.75) is 32.9 Å². The van der Waals surface area contributed by atoms with Gasteiger partial charge in [-0.2, -0.15) is 0 Å². The van der Waals surface area contributed by atoms with Gasteiger partial charge in [0.1, 0.15) is 0 Å². The summed E-state index contributed by atoms with van der Waals surface area (Å²) >= 11 is 0. The second-order valence-electron chi connectivity index (χ2n) is 5.04. The van der Waals surface area contributed by atoms with E-state index in [2.05, 4.69) is 25.1 Å². The van der Waals surface area contributed by atoms with Gasteiger partial charge >= 0.3 is 0 Å². The van der Waals surface area contributed by atoms with Gasteiger partial charge < -0.3 is 15.2 Å². The first-order valence-corrected chi connectivity index (χ1v) is 6.73. The van der Waals surface area contributed by atoms with Gasteiger partial charge in [0.05, 0.1) is 13.2 Å². The molecule has 0 aliphatic carbocycles. The van der Waals surface area contributed by atoms with Crippen LogP contribution >= 0.6 is 0 Å². The lowest BCUT2D eigenvalue weighted by Gasteiger charge is -2.22. The Kier molecular flexibility index (Phi) is 5.17. The van der Waals surface area contributed by atoms with Crippen LogP contribution in [-0.4, -0.2) is 19.8 Å². The summed E-state index contributed by atoms with van der Waals surface area (Å²) < 4.78 is 11.2. The maximum absolute atomic E-state index is 5.83. The van der Waals surface area contributed by atoms with Crippen LogP contribution in [0.2, 0.25) is 0 Å². The van der Waals surface area contributed by atoms with Crippen molar-refractivity contribution in [2.24, 2.45) is 11.7 Å². The van der Waals surface area contributed by atoms with E-state index in [-0.39, 0.29) is 0 Å². The first-order valence-electron chi connectivity index (χ1n) is 6.73. The van der Waals surface area contributed by atoms with Crippen LogP contribution in [0.15, 0.2) is 18.2 Å². The van der Waals surface area contributed by atoms with Gasteiger partial charge in [-0.05, 0) is 42.4 Å². The lowest BCUT2D eigenvalue weighted by atomic mass is 10.0. The fourth-order valence-electron chi connectivity index (χ4n) is 2.30. The summed E-state index contributed by atoms with van der Waals surface area (Å²) in [5.74, 6) is 0.669. The van der Waals surface area contributed by atoms with E-state index in [9.17, 15) is 0 Å². The predicted octanol–water partition coefficient (Wildman–Crippen LogP) is 2.40. The number of benzene rings is 1. The fourth-order valence-corrected chi connectivity index (χ4v) is 2.30. The molecule has 1 saturated heterocycles. The number of aryl methyl sites for hydroxylation is 1. The zero-order chi connectivity index (χ0) is 12.8. The average Bonchev–Trinajstić information content (AvgIpc) is 2.42. The fraction of sp³-hybridized carbons (Fsp3) is 0.600. The van der Waals surface area contributed by atoms with Gasteiger partial charge in [0.15, 0.2) is 0 Å². The third kappa shape index (κ3) is 3.80. The Morgan fingerprint density at radius 1 is 1.33 bits per heavy atom. The van der Waals surface area contributed by atoms with E-state index in [1.807, 2.05) is 0 Å². The maximum Gasteiger partial charge on any atom is 0.0719 e. The minimum Gasteiger partial charge on any atom is -0.381 e. The number of ether oxygens (including phenoxy) is 2. The van der Waals surface area contributed by atoms with Crippen molar-refractivity contribution in [3.05, 3.63) is 34.9 Å². The van der Waals surface area contributed by atoms with Crippen LogP contribution in [0.4, 0.5) is 0 Å². The smallest absolute Gasteiger partial charge is 0.0719 e. The second kappa shape index (κ2) is 6.88. The largest absolute Gasteiger partial charge is 0.381 e. The third-order valence-electron chi connectivity index (χ3n) is 3.59. The van der Waals surface area contributed by atoms with Crippen molar-refractivity contribution < 1.29 is 9.47 Å². The summed E-state index contributed by atoms with van der Waals surface area (Å²) in [5.41, 5.74) is 9.34. The summed E-state index contributed by atoms with van der Waals surface area (Å²) in [7, 11) is 0. The standard InChI is InChI=1S/C15H23NO2/c1-12-8-14(9-16)2-3-15(12)11-18-10-13-4-6-17-7-5-13/h2-3,8,13H,4-7,9-11,16H2,1H3. The molecule has 1 fully saturated rings. The van der Waals surface area contributed by atoms with E-state index in [0.717, 1.165) is 32.7 Å². The Bertz CT molecular complexity index is 373. The minimum absolute atomic E-state index is 0.601. The molecular formula is C15H23NO2. The normalized spacial score (nSPS) is 17.0. The van der Waals surface area contributed by atoms with Gasteiger partial charge in [-0.1, -0.05) is 18.2 Å². The first kappa shape index (κ1) is 13.5. The van der Waals surface area contributed by atoms with Crippen molar-refractivity contribution in [3.63, 3.8) is 0 Å². The van der Waals surface area contributed by atoms with Gasteiger partial charge in [0.25, 0.3) is 0 Å². The van der Waals surface area contributed by atoms with E-state index >= 15 is 0 Å². The zero-order valence-corrected chi connectivity index (χ0v) is 11.2. The van der Waals surface area contributed by atoms with Crippen LogP contribution in [-0.2, 0) is 22.6 Å². The second-order valence-corrected chi connectivity index (χ2v) is 5.04. The maximum atomic E-state index is 5.83. The van der Waals surface area contributed by atoms with Crippen LogP contribution in [0.25, 0.3) is 0 Å². The van der Waals surface area contributed by atoms with Gasteiger partial charge in [-0.15, -0.1) is 0 Å². The molecule has 1 aromatic rings. The van der Waals surface area contributed by atoms with E-state index in [1.165, 1.54) is 16.7 Å². The molecule has 1 heterocycles. The molecule has 1 aliphatic rings. The van der Waals surface area contributed by atoms with E-state index < -0.39 is 0 Å². The molecule has 18 heavy (non-hydrogen) atoms. The Morgan fingerprint density at radius 3 is 2.78 bits per heavy atom. The highest BCUT2D eigenvalue weighted by Crippen LogP contribution is 2.17. The lowest BCUT2D eigenvalue weighted by Crippen LogP contribution is -2.20. The molecule has 3 nitrogen and oxygen atoms in total. The molecule has 0 atom stereocenters. The minimum atomic E-state index is 0.601. The molecule has 1 aromatic carbocycles. The van der Waals surface area contributed by atoms with Gasteiger partial charge in [-0.25, -0.2) is 0 Å². The summed E-state index contributed by atoms with van der Waals surface area (Å²) in [6, 6.07) is 6.36. The molecule has 0 aromatic heterocycles. The Labute approximate surface area is 109 Å². The monoisotopic (exact) mass is 249 g/mol. The van der Waals surface area contributed by atoms with Crippen LogP contribution in [0.5, 0.6) is 0 Å².